The SMILES string of the molecule is CC(C)(C)c1ccc([C@@H]2CCC[C@H](O)C2)c(OCc2ccccc2)c1. The molecule has 2 nitrogen and oxygen atoms in total. The van der Waals surface area contributed by atoms with Gasteiger partial charge in [0.15, 0.2) is 0 Å². The molecule has 1 aliphatic rings. The first kappa shape index (κ1) is 18.0. The molecular formula is C23H30O2. The van der Waals surface area contributed by atoms with Crippen molar-refractivity contribution in [3.05, 3.63) is 65.2 Å². The van der Waals surface area contributed by atoms with Crippen LogP contribution in [0.25, 0.3) is 0 Å². The maximum atomic E-state index is 10.1. The minimum absolute atomic E-state index is 0.0927. The van der Waals surface area contributed by atoms with Crippen LogP contribution < -0.4 is 4.74 Å². The van der Waals surface area contributed by atoms with E-state index in [1.807, 2.05) is 18.2 Å². The van der Waals surface area contributed by atoms with Crippen LogP contribution in [0.4, 0.5) is 0 Å². The lowest BCUT2D eigenvalue weighted by Gasteiger charge is -2.29. The zero-order chi connectivity index (χ0) is 17.9. The van der Waals surface area contributed by atoms with E-state index in [9.17, 15) is 5.11 Å². The monoisotopic (exact) mass is 338 g/mol. The molecule has 0 heterocycles. The first-order valence-corrected chi connectivity index (χ1v) is 9.42. The van der Waals surface area contributed by atoms with Crippen LogP contribution in [0.2, 0.25) is 0 Å². The van der Waals surface area contributed by atoms with E-state index in [1.54, 1.807) is 0 Å². The van der Waals surface area contributed by atoms with E-state index in [2.05, 4.69) is 51.1 Å². The maximum absolute atomic E-state index is 10.1. The van der Waals surface area contributed by atoms with Gasteiger partial charge in [-0.25, -0.2) is 0 Å². The van der Waals surface area contributed by atoms with Gasteiger partial charge in [-0.2, -0.15) is 0 Å². The van der Waals surface area contributed by atoms with E-state index in [0.717, 1.165) is 31.4 Å². The van der Waals surface area contributed by atoms with Crippen molar-refractivity contribution in [2.75, 3.05) is 0 Å². The summed E-state index contributed by atoms with van der Waals surface area (Å²) < 4.78 is 6.27. The van der Waals surface area contributed by atoms with Crippen molar-refractivity contribution in [1.82, 2.24) is 0 Å². The molecule has 2 aromatic rings. The molecule has 0 saturated heterocycles. The predicted octanol–water partition coefficient (Wildman–Crippen LogP) is 5.58. The van der Waals surface area contributed by atoms with E-state index in [-0.39, 0.29) is 11.5 Å². The third kappa shape index (κ3) is 4.64. The summed E-state index contributed by atoms with van der Waals surface area (Å²) in [7, 11) is 0. The van der Waals surface area contributed by atoms with Gasteiger partial charge in [-0.05, 0) is 53.4 Å². The van der Waals surface area contributed by atoms with Crippen molar-refractivity contribution >= 4 is 0 Å². The molecule has 0 amide bonds. The van der Waals surface area contributed by atoms with Gasteiger partial charge in [-0.15, -0.1) is 0 Å². The number of benzene rings is 2. The number of aliphatic hydroxyl groups is 1. The minimum Gasteiger partial charge on any atom is -0.489 e. The third-order valence-corrected chi connectivity index (χ3v) is 5.20. The van der Waals surface area contributed by atoms with Crippen LogP contribution in [-0.2, 0) is 12.0 Å². The van der Waals surface area contributed by atoms with Gasteiger partial charge in [-0.1, -0.05) is 69.7 Å². The first-order chi connectivity index (χ1) is 11.9. The summed E-state index contributed by atoms with van der Waals surface area (Å²) in [5.74, 6) is 1.37. The van der Waals surface area contributed by atoms with Gasteiger partial charge in [0.25, 0.3) is 0 Å². The molecule has 2 heteroatoms. The van der Waals surface area contributed by atoms with Crippen molar-refractivity contribution in [3.63, 3.8) is 0 Å². The van der Waals surface area contributed by atoms with Gasteiger partial charge < -0.3 is 9.84 Å². The number of ether oxygens (including phenoxy) is 1. The summed E-state index contributed by atoms with van der Waals surface area (Å²) in [6.45, 7) is 7.27. The molecule has 0 radical (unpaired) electrons. The molecule has 134 valence electrons. The Morgan fingerprint density at radius 1 is 1.04 bits per heavy atom. The second-order valence-electron chi connectivity index (χ2n) is 8.29. The fraction of sp³-hybridized carbons (Fsp3) is 0.478. The van der Waals surface area contributed by atoms with Gasteiger partial charge in [0, 0.05) is 0 Å². The molecule has 1 fully saturated rings. The predicted molar refractivity (Wildman–Crippen MR) is 103 cm³/mol. The molecule has 2 aromatic carbocycles. The Balaban J connectivity index is 1.87. The Morgan fingerprint density at radius 2 is 1.80 bits per heavy atom. The normalized spacial score (nSPS) is 21.1. The summed E-state index contributed by atoms with van der Waals surface area (Å²) in [6.07, 6.45) is 3.81. The number of hydrogen-bond acceptors (Lipinski definition) is 2. The molecule has 1 aliphatic carbocycles. The maximum Gasteiger partial charge on any atom is 0.123 e. The molecule has 0 aromatic heterocycles. The summed E-state index contributed by atoms with van der Waals surface area (Å²) in [6, 6.07) is 17.0. The smallest absolute Gasteiger partial charge is 0.123 e. The highest BCUT2D eigenvalue weighted by Crippen LogP contribution is 2.39. The Hall–Kier alpha value is -1.80. The zero-order valence-corrected chi connectivity index (χ0v) is 15.7. The van der Waals surface area contributed by atoms with E-state index in [0.29, 0.717) is 12.5 Å². The number of hydrogen-bond donors (Lipinski definition) is 1. The van der Waals surface area contributed by atoms with Crippen LogP contribution >= 0.6 is 0 Å². The molecule has 0 unspecified atom stereocenters. The van der Waals surface area contributed by atoms with E-state index in [1.165, 1.54) is 16.7 Å². The van der Waals surface area contributed by atoms with Crippen molar-refractivity contribution in [2.45, 2.75) is 70.5 Å². The molecule has 3 rings (SSSR count). The van der Waals surface area contributed by atoms with Gasteiger partial charge in [-0.3, -0.25) is 0 Å². The van der Waals surface area contributed by atoms with E-state index < -0.39 is 0 Å². The zero-order valence-electron chi connectivity index (χ0n) is 15.7. The Labute approximate surface area is 151 Å². The van der Waals surface area contributed by atoms with Crippen LogP contribution in [-0.4, -0.2) is 11.2 Å². The standard InChI is InChI=1S/C23H30O2/c1-23(2,3)19-12-13-21(18-10-7-11-20(24)14-18)22(15-19)25-16-17-8-5-4-6-9-17/h4-6,8-9,12-13,15,18,20,24H,7,10-11,14,16H2,1-3H3/t18-,20+/m1/s1. The molecular weight excluding hydrogens is 308 g/mol. The van der Waals surface area contributed by atoms with Crippen LogP contribution in [0.1, 0.15) is 69.1 Å². The van der Waals surface area contributed by atoms with E-state index in [4.69, 9.17) is 4.74 Å². The van der Waals surface area contributed by atoms with Crippen molar-refractivity contribution in [2.24, 2.45) is 0 Å². The Kier molecular flexibility index (Phi) is 5.48. The van der Waals surface area contributed by atoms with Crippen LogP contribution in [0.15, 0.2) is 48.5 Å². The summed E-state index contributed by atoms with van der Waals surface area (Å²) in [5, 5.41) is 10.1. The van der Waals surface area contributed by atoms with Gasteiger partial charge in [0.2, 0.25) is 0 Å². The Bertz CT molecular complexity index is 685. The lowest BCUT2D eigenvalue weighted by molar-refractivity contribution is 0.118. The fourth-order valence-corrected chi connectivity index (χ4v) is 3.64. The summed E-state index contributed by atoms with van der Waals surface area (Å²) >= 11 is 0. The van der Waals surface area contributed by atoms with Crippen LogP contribution in [0.5, 0.6) is 5.75 Å². The third-order valence-electron chi connectivity index (χ3n) is 5.20. The average molecular weight is 338 g/mol. The van der Waals surface area contributed by atoms with Gasteiger partial charge in [0.05, 0.1) is 6.10 Å². The molecule has 1 N–H and O–H groups in total. The van der Waals surface area contributed by atoms with Crippen LogP contribution in [0, 0.1) is 0 Å². The number of aliphatic hydroxyl groups excluding tert-OH is 1. The molecule has 0 bridgehead atoms. The topological polar surface area (TPSA) is 29.5 Å². The highest BCUT2D eigenvalue weighted by atomic mass is 16.5. The van der Waals surface area contributed by atoms with Crippen molar-refractivity contribution < 1.29 is 9.84 Å². The second-order valence-corrected chi connectivity index (χ2v) is 8.29. The van der Waals surface area contributed by atoms with Crippen molar-refractivity contribution in [1.29, 1.82) is 0 Å². The second kappa shape index (κ2) is 7.61. The highest BCUT2D eigenvalue weighted by molar-refractivity contribution is 5.42. The van der Waals surface area contributed by atoms with Crippen LogP contribution in [0.3, 0.4) is 0 Å². The largest absolute Gasteiger partial charge is 0.489 e. The minimum atomic E-state index is -0.178. The molecule has 2 atom stereocenters. The fourth-order valence-electron chi connectivity index (χ4n) is 3.64. The summed E-state index contributed by atoms with van der Waals surface area (Å²) in [4.78, 5) is 0. The summed E-state index contributed by atoms with van der Waals surface area (Å²) in [5.41, 5.74) is 3.81. The van der Waals surface area contributed by atoms with Gasteiger partial charge in [0.1, 0.15) is 12.4 Å². The quantitative estimate of drug-likeness (QED) is 0.788. The molecule has 25 heavy (non-hydrogen) atoms. The lowest BCUT2D eigenvalue weighted by Crippen LogP contribution is -2.19. The molecule has 0 aliphatic heterocycles. The number of rotatable bonds is 4. The first-order valence-electron chi connectivity index (χ1n) is 9.42. The van der Waals surface area contributed by atoms with E-state index >= 15 is 0 Å². The molecule has 1 saturated carbocycles. The highest BCUT2D eigenvalue weighted by Gasteiger charge is 2.25. The van der Waals surface area contributed by atoms with Gasteiger partial charge >= 0.3 is 0 Å². The average Bonchev–Trinajstić information content (AvgIpc) is 2.60. The Morgan fingerprint density at radius 3 is 2.48 bits per heavy atom. The lowest BCUT2D eigenvalue weighted by atomic mass is 9.80. The van der Waals surface area contributed by atoms with Crippen molar-refractivity contribution in [3.8, 4) is 5.75 Å². The molecule has 0 spiro atoms.